The number of hydrogen-bond acceptors (Lipinski definition) is 3. The molecule has 0 atom stereocenters. The summed E-state index contributed by atoms with van der Waals surface area (Å²) in [6, 6.07) is 1.84. The van der Waals surface area contributed by atoms with Crippen LogP contribution in [0.2, 0.25) is 0 Å². The minimum Gasteiger partial charge on any atom is -0.310 e. The zero-order valence-electron chi connectivity index (χ0n) is 10.6. The number of amides is 1. The molecule has 2 N–H and O–H groups in total. The first-order chi connectivity index (χ1) is 7.28. The molecule has 1 amide bonds. The zero-order chi connectivity index (χ0) is 12.3. The molecule has 5 heteroatoms. The van der Waals surface area contributed by atoms with E-state index in [2.05, 4.69) is 15.7 Å². The number of carbonyl (C=O) groups is 1. The lowest BCUT2D eigenvalue weighted by Gasteiger charge is -2.19. The van der Waals surface area contributed by atoms with E-state index in [-0.39, 0.29) is 11.4 Å². The Morgan fingerprint density at radius 1 is 1.50 bits per heavy atom. The van der Waals surface area contributed by atoms with E-state index in [1.54, 1.807) is 11.7 Å². The molecule has 16 heavy (non-hydrogen) atoms. The summed E-state index contributed by atoms with van der Waals surface area (Å²) >= 11 is 0. The van der Waals surface area contributed by atoms with Crippen LogP contribution in [-0.2, 0) is 11.8 Å². The van der Waals surface area contributed by atoms with Crippen molar-refractivity contribution in [3.8, 4) is 0 Å². The van der Waals surface area contributed by atoms with Crippen LogP contribution in [-0.4, -0.2) is 27.8 Å². The summed E-state index contributed by atoms with van der Waals surface area (Å²) in [5.41, 5.74) is 0.835. The minimum absolute atomic E-state index is 0.0558. The van der Waals surface area contributed by atoms with Gasteiger partial charge in [0, 0.05) is 18.7 Å². The molecule has 0 aliphatic rings. The van der Waals surface area contributed by atoms with E-state index in [9.17, 15) is 4.79 Å². The summed E-state index contributed by atoms with van der Waals surface area (Å²) < 4.78 is 1.66. The first kappa shape index (κ1) is 12.7. The lowest BCUT2D eigenvalue weighted by molar-refractivity contribution is -0.115. The number of hydrogen-bond donors (Lipinski definition) is 2. The summed E-state index contributed by atoms with van der Waals surface area (Å²) in [6.45, 7) is 8.26. The van der Waals surface area contributed by atoms with Gasteiger partial charge in [-0.05, 0) is 27.7 Å². The van der Waals surface area contributed by atoms with Crippen molar-refractivity contribution in [1.29, 1.82) is 0 Å². The minimum atomic E-state index is -0.0575. The Labute approximate surface area is 96.2 Å². The molecule has 0 aliphatic carbocycles. The maximum atomic E-state index is 11.6. The van der Waals surface area contributed by atoms with Crippen LogP contribution in [0.3, 0.4) is 0 Å². The highest BCUT2D eigenvalue weighted by Gasteiger charge is 2.12. The number of anilines is 1. The predicted molar refractivity (Wildman–Crippen MR) is 64.3 cm³/mol. The van der Waals surface area contributed by atoms with Crippen LogP contribution in [0.25, 0.3) is 0 Å². The molecular formula is C11H20N4O. The summed E-state index contributed by atoms with van der Waals surface area (Å²) in [4.78, 5) is 11.6. The average molecular weight is 224 g/mol. The van der Waals surface area contributed by atoms with Crippen molar-refractivity contribution in [3.63, 3.8) is 0 Å². The maximum absolute atomic E-state index is 11.6. The number of nitrogens with zero attached hydrogens (tertiary/aromatic N) is 2. The van der Waals surface area contributed by atoms with Gasteiger partial charge in [0.2, 0.25) is 5.91 Å². The fourth-order valence-corrected chi connectivity index (χ4v) is 1.26. The van der Waals surface area contributed by atoms with Gasteiger partial charge >= 0.3 is 0 Å². The predicted octanol–water partition coefficient (Wildman–Crippen LogP) is 1.06. The van der Waals surface area contributed by atoms with E-state index in [1.165, 1.54) is 0 Å². The van der Waals surface area contributed by atoms with E-state index < -0.39 is 0 Å². The third-order valence-corrected chi connectivity index (χ3v) is 2.05. The van der Waals surface area contributed by atoms with E-state index in [1.807, 2.05) is 33.8 Å². The quantitative estimate of drug-likeness (QED) is 0.807. The molecule has 0 saturated heterocycles. The molecule has 0 aromatic carbocycles. The Hall–Kier alpha value is -1.36. The van der Waals surface area contributed by atoms with E-state index in [0.29, 0.717) is 6.54 Å². The molecular weight excluding hydrogens is 204 g/mol. The van der Waals surface area contributed by atoms with Gasteiger partial charge in [-0.25, -0.2) is 0 Å². The third kappa shape index (κ3) is 4.02. The van der Waals surface area contributed by atoms with Gasteiger partial charge in [0.05, 0.1) is 12.2 Å². The Morgan fingerprint density at radius 3 is 2.56 bits per heavy atom. The van der Waals surface area contributed by atoms with Gasteiger partial charge in [-0.1, -0.05) is 0 Å². The Kier molecular flexibility index (Phi) is 3.70. The highest BCUT2D eigenvalue weighted by atomic mass is 16.2. The van der Waals surface area contributed by atoms with Gasteiger partial charge < -0.3 is 10.6 Å². The fraction of sp³-hybridized carbons (Fsp3) is 0.636. The molecule has 0 spiro atoms. The van der Waals surface area contributed by atoms with Crippen LogP contribution >= 0.6 is 0 Å². The topological polar surface area (TPSA) is 59.0 Å². The lowest BCUT2D eigenvalue weighted by Crippen LogP contribution is -2.41. The molecule has 0 bridgehead atoms. The van der Waals surface area contributed by atoms with Crippen LogP contribution in [0.4, 0.5) is 5.82 Å². The van der Waals surface area contributed by atoms with Crippen molar-refractivity contribution in [1.82, 2.24) is 15.1 Å². The maximum Gasteiger partial charge on any atom is 0.239 e. The summed E-state index contributed by atoms with van der Waals surface area (Å²) in [7, 11) is 1.81. The van der Waals surface area contributed by atoms with Crippen molar-refractivity contribution in [2.75, 3.05) is 11.9 Å². The standard InChI is InChI=1S/C11H20N4O/c1-8-6-9(15(5)14-8)13-10(16)7-12-11(2,3)4/h6,12H,7H2,1-5H3,(H,13,16). The van der Waals surface area contributed by atoms with Crippen LogP contribution in [0.1, 0.15) is 26.5 Å². The molecule has 90 valence electrons. The fourth-order valence-electron chi connectivity index (χ4n) is 1.26. The van der Waals surface area contributed by atoms with Crippen molar-refractivity contribution in [2.45, 2.75) is 33.2 Å². The van der Waals surface area contributed by atoms with Crippen molar-refractivity contribution in [3.05, 3.63) is 11.8 Å². The van der Waals surface area contributed by atoms with Gasteiger partial charge in [-0.3, -0.25) is 9.48 Å². The average Bonchev–Trinajstić information content (AvgIpc) is 2.41. The van der Waals surface area contributed by atoms with Gasteiger partial charge in [0.25, 0.3) is 0 Å². The second-order valence-electron chi connectivity index (χ2n) is 4.95. The molecule has 0 fully saturated rings. The van der Waals surface area contributed by atoms with Gasteiger partial charge in [0.1, 0.15) is 5.82 Å². The van der Waals surface area contributed by atoms with Crippen molar-refractivity contribution >= 4 is 11.7 Å². The van der Waals surface area contributed by atoms with Crippen molar-refractivity contribution in [2.24, 2.45) is 7.05 Å². The second kappa shape index (κ2) is 4.65. The van der Waals surface area contributed by atoms with Gasteiger partial charge in [-0.15, -0.1) is 0 Å². The third-order valence-electron chi connectivity index (χ3n) is 2.05. The van der Waals surface area contributed by atoms with Crippen LogP contribution in [0.15, 0.2) is 6.07 Å². The van der Waals surface area contributed by atoms with Gasteiger partial charge in [0.15, 0.2) is 0 Å². The summed E-state index contributed by atoms with van der Waals surface area (Å²) in [6.07, 6.45) is 0. The highest BCUT2D eigenvalue weighted by molar-refractivity contribution is 5.91. The monoisotopic (exact) mass is 224 g/mol. The number of nitrogens with one attached hydrogen (secondary N) is 2. The molecule has 1 rings (SSSR count). The molecule has 0 radical (unpaired) electrons. The smallest absolute Gasteiger partial charge is 0.239 e. The largest absolute Gasteiger partial charge is 0.310 e. The van der Waals surface area contributed by atoms with Gasteiger partial charge in [-0.2, -0.15) is 5.10 Å². The number of aryl methyl sites for hydroxylation is 2. The van der Waals surface area contributed by atoms with E-state index in [0.717, 1.165) is 11.5 Å². The molecule has 0 aliphatic heterocycles. The van der Waals surface area contributed by atoms with Crippen molar-refractivity contribution < 1.29 is 4.79 Å². The molecule has 0 saturated carbocycles. The Bertz CT molecular complexity index is 376. The van der Waals surface area contributed by atoms with Crippen LogP contribution in [0, 0.1) is 6.92 Å². The zero-order valence-corrected chi connectivity index (χ0v) is 10.6. The first-order valence-corrected chi connectivity index (χ1v) is 5.33. The molecule has 1 aromatic heterocycles. The first-order valence-electron chi connectivity index (χ1n) is 5.33. The van der Waals surface area contributed by atoms with Crippen LogP contribution < -0.4 is 10.6 Å². The molecule has 0 unspecified atom stereocenters. The number of rotatable bonds is 3. The normalized spacial score (nSPS) is 11.6. The number of carbonyl (C=O) groups excluding carboxylic acids is 1. The number of aromatic nitrogens is 2. The summed E-state index contributed by atoms with van der Waals surface area (Å²) in [5, 5.41) is 10.1. The second-order valence-corrected chi connectivity index (χ2v) is 4.95. The van der Waals surface area contributed by atoms with Crippen LogP contribution in [0.5, 0.6) is 0 Å². The highest BCUT2D eigenvalue weighted by Crippen LogP contribution is 2.07. The Balaban J connectivity index is 2.49. The molecule has 5 nitrogen and oxygen atoms in total. The SMILES string of the molecule is Cc1cc(NC(=O)CNC(C)(C)C)n(C)n1. The van der Waals surface area contributed by atoms with E-state index in [4.69, 9.17) is 0 Å². The molecule has 1 aromatic rings. The molecule has 1 heterocycles. The van der Waals surface area contributed by atoms with E-state index >= 15 is 0 Å². The Morgan fingerprint density at radius 2 is 2.12 bits per heavy atom. The summed E-state index contributed by atoms with van der Waals surface area (Å²) in [5.74, 6) is 0.663. The lowest BCUT2D eigenvalue weighted by atomic mass is 10.1.